The molecule has 1 fully saturated rings. The molecule has 1 aliphatic heterocycles. The second-order valence-corrected chi connectivity index (χ2v) is 7.70. The van der Waals surface area contributed by atoms with Gasteiger partial charge in [-0.1, -0.05) is 6.92 Å². The Morgan fingerprint density at radius 1 is 1.25 bits per heavy atom. The Hall–Kier alpha value is -1.11. The van der Waals surface area contributed by atoms with Crippen LogP contribution in [0, 0.1) is 0 Å². The molecule has 1 aromatic rings. The number of guanidine groups is 1. The van der Waals surface area contributed by atoms with Crippen molar-refractivity contribution in [2.24, 2.45) is 4.99 Å². The molecule has 24 heavy (non-hydrogen) atoms. The van der Waals surface area contributed by atoms with Gasteiger partial charge in [0, 0.05) is 43.0 Å². The molecule has 1 aromatic heterocycles. The summed E-state index contributed by atoms with van der Waals surface area (Å²) in [6.07, 6.45) is 2.90. The molecule has 2 heterocycles. The van der Waals surface area contributed by atoms with E-state index < -0.39 is 0 Å². The number of ether oxygens (including phenoxy) is 1. The molecule has 2 rings (SSSR count). The van der Waals surface area contributed by atoms with Gasteiger partial charge in [-0.3, -0.25) is 9.89 Å². The Morgan fingerprint density at radius 2 is 1.96 bits per heavy atom. The van der Waals surface area contributed by atoms with Gasteiger partial charge in [-0.15, -0.1) is 11.3 Å². The summed E-state index contributed by atoms with van der Waals surface area (Å²) < 4.78 is 5.78. The van der Waals surface area contributed by atoms with Crippen LogP contribution in [0.5, 0.6) is 0 Å². The van der Waals surface area contributed by atoms with E-state index in [0.717, 1.165) is 51.5 Å². The van der Waals surface area contributed by atoms with E-state index in [4.69, 9.17) is 4.74 Å². The maximum atomic E-state index is 5.78. The first-order chi connectivity index (χ1) is 11.6. The molecule has 5 nitrogen and oxygen atoms in total. The van der Waals surface area contributed by atoms with Crippen molar-refractivity contribution in [3.63, 3.8) is 0 Å². The van der Waals surface area contributed by atoms with Crippen molar-refractivity contribution < 1.29 is 4.74 Å². The third kappa shape index (κ3) is 6.42. The highest BCUT2D eigenvalue weighted by Gasteiger charge is 2.21. The molecule has 0 aromatic carbocycles. The van der Waals surface area contributed by atoms with Gasteiger partial charge >= 0.3 is 0 Å². The van der Waals surface area contributed by atoms with Crippen molar-refractivity contribution >= 4 is 17.3 Å². The lowest BCUT2D eigenvalue weighted by molar-refractivity contribution is -0.0679. The first-order valence-corrected chi connectivity index (χ1v) is 9.82. The molecular formula is C18H32N4OS. The highest BCUT2D eigenvalue weighted by Crippen LogP contribution is 2.16. The lowest BCUT2D eigenvalue weighted by Gasteiger charge is -2.35. The van der Waals surface area contributed by atoms with Crippen LogP contribution in [0.25, 0.3) is 0 Å². The van der Waals surface area contributed by atoms with Crippen LogP contribution >= 0.6 is 11.3 Å². The summed E-state index contributed by atoms with van der Waals surface area (Å²) in [5.74, 6) is 0.880. The fourth-order valence-corrected chi connectivity index (χ4v) is 3.97. The summed E-state index contributed by atoms with van der Waals surface area (Å²) in [5.41, 5.74) is 0. The molecule has 0 aliphatic carbocycles. The van der Waals surface area contributed by atoms with Crippen LogP contribution in [-0.2, 0) is 17.7 Å². The average molecular weight is 353 g/mol. The molecule has 0 bridgehead atoms. The second-order valence-electron chi connectivity index (χ2n) is 6.44. The molecule has 1 aliphatic rings. The third-order valence-corrected chi connectivity index (χ3v) is 5.39. The molecular weight excluding hydrogens is 320 g/mol. The zero-order valence-corrected chi connectivity index (χ0v) is 16.3. The zero-order chi connectivity index (χ0) is 17.4. The molecule has 1 saturated heterocycles. The number of morpholine rings is 1. The highest BCUT2D eigenvalue weighted by atomic mass is 32.1. The van der Waals surface area contributed by atoms with Crippen LogP contribution < -0.4 is 10.6 Å². The van der Waals surface area contributed by atoms with E-state index in [9.17, 15) is 0 Å². The quantitative estimate of drug-likeness (QED) is 0.450. The van der Waals surface area contributed by atoms with Gasteiger partial charge in [0.15, 0.2) is 5.96 Å². The molecule has 0 radical (unpaired) electrons. The number of aliphatic imine (C=N–C) groups is 1. The SMILES string of the molecule is CCc1ccc(CNC(=NC)NCCCN2CC(C)OC(C)C2)s1. The van der Waals surface area contributed by atoms with Gasteiger partial charge in [0.2, 0.25) is 0 Å². The van der Waals surface area contributed by atoms with Crippen molar-refractivity contribution in [2.45, 2.75) is 52.4 Å². The monoisotopic (exact) mass is 352 g/mol. The van der Waals surface area contributed by atoms with E-state index in [1.54, 1.807) is 0 Å². The van der Waals surface area contributed by atoms with Crippen molar-refractivity contribution in [3.05, 3.63) is 21.9 Å². The van der Waals surface area contributed by atoms with E-state index >= 15 is 0 Å². The highest BCUT2D eigenvalue weighted by molar-refractivity contribution is 7.11. The molecule has 2 atom stereocenters. The summed E-state index contributed by atoms with van der Waals surface area (Å²) in [7, 11) is 1.83. The number of hydrogen-bond acceptors (Lipinski definition) is 4. The minimum atomic E-state index is 0.343. The summed E-state index contributed by atoms with van der Waals surface area (Å²) >= 11 is 1.87. The molecule has 0 spiro atoms. The molecule has 0 amide bonds. The molecule has 136 valence electrons. The van der Waals surface area contributed by atoms with E-state index in [1.165, 1.54) is 9.75 Å². The van der Waals surface area contributed by atoms with E-state index in [-0.39, 0.29) is 0 Å². The number of rotatable bonds is 7. The second kappa shape index (κ2) is 10.0. The van der Waals surface area contributed by atoms with Crippen LogP contribution in [0.4, 0.5) is 0 Å². The number of aryl methyl sites for hydroxylation is 1. The Balaban J connectivity index is 1.63. The first kappa shape index (κ1) is 19.2. The fraction of sp³-hybridized carbons (Fsp3) is 0.722. The van der Waals surface area contributed by atoms with Gasteiger partial charge in [-0.25, -0.2) is 0 Å². The van der Waals surface area contributed by atoms with Crippen molar-refractivity contribution in [1.82, 2.24) is 15.5 Å². The first-order valence-electron chi connectivity index (χ1n) is 9.00. The van der Waals surface area contributed by atoms with Crippen LogP contribution in [0.1, 0.15) is 36.9 Å². The summed E-state index contributed by atoms with van der Waals surface area (Å²) in [4.78, 5) is 9.59. The average Bonchev–Trinajstić information content (AvgIpc) is 3.01. The Morgan fingerprint density at radius 3 is 2.58 bits per heavy atom. The molecule has 6 heteroatoms. The van der Waals surface area contributed by atoms with Crippen LogP contribution in [0.2, 0.25) is 0 Å². The van der Waals surface area contributed by atoms with Gasteiger partial charge < -0.3 is 15.4 Å². The van der Waals surface area contributed by atoms with E-state index in [1.807, 2.05) is 18.4 Å². The fourth-order valence-electron chi connectivity index (χ4n) is 3.08. The maximum absolute atomic E-state index is 5.78. The topological polar surface area (TPSA) is 48.9 Å². The van der Waals surface area contributed by atoms with Crippen molar-refractivity contribution in [1.29, 1.82) is 0 Å². The van der Waals surface area contributed by atoms with Crippen LogP contribution in [0.15, 0.2) is 17.1 Å². The molecule has 0 saturated carbocycles. The zero-order valence-electron chi connectivity index (χ0n) is 15.5. The Bertz CT molecular complexity index is 507. The molecule has 2 unspecified atom stereocenters. The largest absolute Gasteiger partial charge is 0.373 e. The van der Waals surface area contributed by atoms with Crippen LogP contribution in [-0.4, -0.2) is 56.3 Å². The Kier molecular flexibility index (Phi) is 8.02. The normalized spacial score (nSPS) is 22.6. The predicted molar refractivity (Wildman–Crippen MR) is 103 cm³/mol. The molecule has 2 N–H and O–H groups in total. The lowest BCUT2D eigenvalue weighted by atomic mass is 10.2. The van der Waals surface area contributed by atoms with Gasteiger partial charge in [0.25, 0.3) is 0 Å². The predicted octanol–water partition coefficient (Wildman–Crippen LogP) is 2.47. The van der Waals surface area contributed by atoms with Gasteiger partial charge in [-0.05, 0) is 38.8 Å². The van der Waals surface area contributed by atoms with Gasteiger partial charge in [0.05, 0.1) is 18.8 Å². The standard InChI is InChI=1S/C18H32N4OS/c1-5-16-7-8-17(24-16)11-21-18(19-4)20-9-6-10-22-12-14(2)23-15(3)13-22/h7-8,14-15H,5-6,9-13H2,1-4H3,(H2,19,20,21). The minimum absolute atomic E-state index is 0.343. The van der Waals surface area contributed by atoms with E-state index in [0.29, 0.717) is 12.2 Å². The van der Waals surface area contributed by atoms with Gasteiger partial charge in [-0.2, -0.15) is 0 Å². The lowest BCUT2D eigenvalue weighted by Crippen LogP contribution is -2.46. The van der Waals surface area contributed by atoms with Crippen molar-refractivity contribution in [3.8, 4) is 0 Å². The maximum Gasteiger partial charge on any atom is 0.191 e. The number of thiophene rings is 1. The smallest absolute Gasteiger partial charge is 0.191 e. The number of hydrogen-bond donors (Lipinski definition) is 2. The summed E-state index contributed by atoms with van der Waals surface area (Å²) in [5, 5.41) is 6.80. The minimum Gasteiger partial charge on any atom is -0.373 e. The number of nitrogens with one attached hydrogen (secondary N) is 2. The van der Waals surface area contributed by atoms with Crippen LogP contribution in [0.3, 0.4) is 0 Å². The summed E-state index contributed by atoms with van der Waals surface area (Å²) in [6.45, 7) is 11.5. The third-order valence-electron chi connectivity index (χ3n) is 4.16. The van der Waals surface area contributed by atoms with E-state index in [2.05, 4.69) is 53.4 Å². The number of nitrogens with zero attached hydrogens (tertiary/aromatic N) is 2. The van der Waals surface area contributed by atoms with Crippen molar-refractivity contribution in [2.75, 3.05) is 33.2 Å². The summed E-state index contributed by atoms with van der Waals surface area (Å²) in [6, 6.07) is 4.41. The Labute approximate surface area is 150 Å². The van der Waals surface area contributed by atoms with Gasteiger partial charge in [0.1, 0.15) is 0 Å².